The Morgan fingerprint density at radius 2 is 1.88 bits per heavy atom. The third-order valence-electron chi connectivity index (χ3n) is 4.83. The first-order chi connectivity index (χ1) is 12.0. The number of methoxy groups -OCH3 is 1. The Hall–Kier alpha value is -2.09. The summed E-state index contributed by atoms with van der Waals surface area (Å²) in [5, 5.41) is 9.07. The summed E-state index contributed by atoms with van der Waals surface area (Å²) in [7, 11) is 1.48. The highest BCUT2D eigenvalue weighted by atomic mass is 19.4. The van der Waals surface area contributed by atoms with Crippen LogP contribution in [0.15, 0.2) is 24.3 Å². The van der Waals surface area contributed by atoms with Gasteiger partial charge in [-0.25, -0.2) is 0 Å². The number of ether oxygens (including phenoxy) is 1. The van der Waals surface area contributed by atoms with E-state index in [1.54, 1.807) is 13.8 Å². The number of amides is 1. The summed E-state index contributed by atoms with van der Waals surface area (Å²) < 4.78 is 44.2. The molecule has 1 aliphatic heterocycles. The first-order valence-corrected chi connectivity index (χ1v) is 8.20. The normalized spacial score (nSPS) is 21.1. The van der Waals surface area contributed by atoms with E-state index >= 15 is 0 Å². The summed E-state index contributed by atoms with van der Waals surface area (Å²) in [4.78, 5) is 25.6. The second-order valence-corrected chi connectivity index (χ2v) is 7.01. The second-order valence-electron chi connectivity index (χ2n) is 7.01. The number of aliphatic carboxylic acids is 1. The Bertz CT molecular complexity index is 687. The van der Waals surface area contributed by atoms with Crippen molar-refractivity contribution < 1.29 is 32.6 Å². The molecule has 1 amide bonds. The predicted octanol–water partition coefficient (Wildman–Crippen LogP) is 3.07. The van der Waals surface area contributed by atoms with Gasteiger partial charge >= 0.3 is 12.1 Å². The Balaban J connectivity index is 2.32. The minimum Gasteiger partial charge on any atom is -0.481 e. The van der Waals surface area contributed by atoms with Gasteiger partial charge in [0.15, 0.2) is 0 Å². The van der Waals surface area contributed by atoms with E-state index in [9.17, 15) is 22.8 Å². The van der Waals surface area contributed by atoms with E-state index < -0.39 is 35.1 Å². The van der Waals surface area contributed by atoms with Gasteiger partial charge in [-0.1, -0.05) is 18.2 Å². The minimum absolute atomic E-state index is 0.218. The average molecular weight is 373 g/mol. The topological polar surface area (TPSA) is 66.8 Å². The number of halogens is 3. The van der Waals surface area contributed by atoms with Crippen molar-refractivity contribution in [3.8, 4) is 0 Å². The molecule has 0 aliphatic carbocycles. The number of alkyl halides is 3. The summed E-state index contributed by atoms with van der Waals surface area (Å²) in [6.45, 7) is 3.31. The summed E-state index contributed by atoms with van der Waals surface area (Å²) in [6, 6.07) is 4.12. The van der Waals surface area contributed by atoms with Crippen molar-refractivity contribution in [1.29, 1.82) is 0 Å². The molecule has 0 saturated carbocycles. The molecule has 0 radical (unpaired) electrons. The van der Waals surface area contributed by atoms with Gasteiger partial charge in [-0.2, -0.15) is 13.2 Å². The van der Waals surface area contributed by atoms with E-state index in [2.05, 4.69) is 0 Å². The molecule has 1 fully saturated rings. The number of benzene rings is 1. The van der Waals surface area contributed by atoms with Crippen LogP contribution in [0.3, 0.4) is 0 Å². The quantitative estimate of drug-likeness (QED) is 0.861. The Kier molecular flexibility index (Phi) is 5.65. The van der Waals surface area contributed by atoms with Gasteiger partial charge in [-0.3, -0.25) is 9.59 Å². The molecule has 0 aromatic heterocycles. The predicted molar refractivity (Wildman–Crippen MR) is 87.6 cm³/mol. The highest BCUT2D eigenvalue weighted by Gasteiger charge is 2.43. The molecule has 1 heterocycles. The fourth-order valence-electron chi connectivity index (χ4n) is 3.26. The molecule has 0 bridgehead atoms. The molecule has 2 atom stereocenters. The lowest BCUT2D eigenvalue weighted by Crippen LogP contribution is -2.46. The molecule has 8 heteroatoms. The van der Waals surface area contributed by atoms with E-state index in [0.29, 0.717) is 6.42 Å². The number of hydrogen-bond donors (Lipinski definition) is 1. The van der Waals surface area contributed by atoms with Crippen molar-refractivity contribution in [3.05, 3.63) is 35.4 Å². The van der Waals surface area contributed by atoms with Crippen LogP contribution >= 0.6 is 0 Å². The molecule has 1 saturated heterocycles. The molecular weight excluding hydrogens is 351 g/mol. The number of hydrogen-bond acceptors (Lipinski definition) is 3. The third-order valence-corrected chi connectivity index (χ3v) is 4.83. The summed E-state index contributed by atoms with van der Waals surface area (Å²) in [6.07, 6.45) is -4.65. The number of carboxylic acid groups (broad SMARTS) is 1. The lowest BCUT2D eigenvalue weighted by molar-refractivity contribution is -0.142. The fourth-order valence-corrected chi connectivity index (χ4v) is 3.26. The van der Waals surface area contributed by atoms with E-state index in [0.717, 1.165) is 12.1 Å². The standard InChI is InChI=1S/C18H22F3NO4/c1-17(2,11-5-4-6-12(7-11)18(19,20)21)16(25)22-10-14(26-3)8-13(22)9-15(23)24/h4-7,13-14H,8-10H2,1-3H3,(H,23,24). The molecular formula is C18H22F3NO4. The molecule has 5 nitrogen and oxygen atoms in total. The number of carbonyl (C=O) groups is 2. The number of nitrogens with zero attached hydrogens (tertiary/aromatic N) is 1. The van der Waals surface area contributed by atoms with Crippen LogP contribution in [-0.4, -0.2) is 47.7 Å². The summed E-state index contributed by atoms with van der Waals surface area (Å²) >= 11 is 0. The van der Waals surface area contributed by atoms with Crippen LogP contribution in [0.25, 0.3) is 0 Å². The zero-order chi connectivity index (χ0) is 19.7. The van der Waals surface area contributed by atoms with Crippen LogP contribution in [0.4, 0.5) is 13.2 Å². The van der Waals surface area contributed by atoms with Crippen LogP contribution in [-0.2, 0) is 25.9 Å². The number of rotatable bonds is 5. The van der Waals surface area contributed by atoms with E-state index in [1.165, 1.54) is 24.1 Å². The van der Waals surface area contributed by atoms with Crippen molar-refractivity contribution in [1.82, 2.24) is 4.90 Å². The first kappa shape index (κ1) is 20.2. The molecule has 144 valence electrons. The van der Waals surface area contributed by atoms with Crippen LogP contribution in [0, 0.1) is 0 Å². The van der Waals surface area contributed by atoms with E-state index in [1.807, 2.05) is 0 Å². The van der Waals surface area contributed by atoms with Gasteiger partial charge in [0.25, 0.3) is 0 Å². The van der Waals surface area contributed by atoms with Gasteiger partial charge in [0.1, 0.15) is 0 Å². The van der Waals surface area contributed by atoms with Crippen molar-refractivity contribution >= 4 is 11.9 Å². The highest BCUT2D eigenvalue weighted by Crippen LogP contribution is 2.35. The van der Waals surface area contributed by atoms with Crippen LogP contribution in [0.1, 0.15) is 37.8 Å². The van der Waals surface area contributed by atoms with Crippen LogP contribution in [0.2, 0.25) is 0 Å². The molecule has 1 N–H and O–H groups in total. The third kappa shape index (κ3) is 4.17. The SMILES string of the molecule is COC1CC(CC(=O)O)N(C(=O)C(C)(C)c2cccc(C(F)(F)F)c2)C1. The van der Waals surface area contributed by atoms with Gasteiger partial charge in [0, 0.05) is 19.7 Å². The fraction of sp³-hybridized carbons (Fsp3) is 0.556. The summed E-state index contributed by atoms with van der Waals surface area (Å²) in [5.41, 5.74) is -1.83. The average Bonchev–Trinajstić information content (AvgIpc) is 2.95. The zero-order valence-corrected chi connectivity index (χ0v) is 14.8. The Labute approximate surface area is 149 Å². The molecule has 2 rings (SSSR count). The van der Waals surface area contributed by atoms with Crippen LogP contribution < -0.4 is 0 Å². The molecule has 1 aliphatic rings. The van der Waals surface area contributed by atoms with Gasteiger partial charge in [0.05, 0.1) is 23.5 Å². The van der Waals surface area contributed by atoms with Gasteiger partial charge in [-0.15, -0.1) is 0 Å². The zero-order valence-electron chi connectivity index (χ0n) is 14.8. The first-order valence-electron chi connectivity index (χ1n) is 8.20. The molecule has 1 aromatic carbocycles. The largest absolute Gasteiger partial charge is 0.481 e. The lowest BCUT2D eigenvalue weighted by atomic mass is 9.82. The monoisotopic (exact) mass is 373 g/mol. The van der Waals surface area contributed by atoms with Gasteiger partial charge in [0.2, 0.25) is 5.91 Å². The maximum atomic E-state index is 13.1. The van der Waals surface area contributed by atoms with Crippen molar-refractivity contribution in [2.24, 2.45) is 0 Å². The van der Waals surface area contributed by atoms with Gasteiger partial charge in [-0.05, 0) is 31.9 Å². The second kappa shape index (κ2) is 7.26. The molecule has 0 spiro atoms. The lowest BCUT2D eigenvalue weighted by Gasteiger charge is -2.33. The minimum atomic E-state index is -4.50. The smallest absolute Gasteiger partial charge is 0.416 e. The number of likely N-dealkylation sites (tertiary alicyclic amines) is 1. The number of carboxylic acids is 1. The van der Waals surface area contributed by atoms with E-state index in [4.69, 9.17) is 9.84 Å². The van der Waals surface area contributed by atoms with Crippen molar-refractivity contribution in [3.63, 3.8) is 0 Å². The highest BCUT2D eigenvalue weighted by molar-refractivity contribution is 5.88. The van der Waals surface area contributed by atoms with Crippen molar-refractivity contribution in [2.75, 3.05) is 13.7 Å². The van der Waals surface area contributed by atoms with Crippen LogP contribution in [0.5, 0.6) is 0 Å². The van der Waals surface area contributed by atoms with Gasteiger partial charge < -0.3 is 14.7 Å². The molecule has 1 aromatic rings. The molecule has 2 unspecified atom stereocenters. The maximum Gasteiger partial charge on any atom is 0.416 e. The Morgan fingerprint density at radius 1 is 1.27 bits per heavy atom. The van der Waals surface area contributed by atoms with E-state index in [-0.39, 0.29) is 24.6 Å². The molecule has 26 heavy (non-hydrogen) atoms. The van der Waals surface area contributed by atoms with Crippen molar-refractivity contribution in [2.45, 2.75) is 50.4 Å². The Morgan fingerprint density at radius 3 is 2.42 bits per heavy atom. The number of carbonyl (C=O) groups excluding carboxylic acids is 1. The maximum absolute atomic E-state index is 13.1. The summed E-state index contributed by atoms with van der Waals surface area (Å²) in [5.74, 6) is -1.45.